The van der Waals surface area contributed by atoms with Gasteiger partial charge < -0.3 is 9.88 Å². The Morgan fingerprint density at radius 2 is 2.37 bits per heavy atom. The Labute approximate surface area is 113 Å². The lowest BCUT2D eigenvalue weighted by molar-refractivity contribution is 0.445. The molecule has 4 nitrogen and oxygen atoms in total. The van der Waals surface area contributed by atoms with Gasteiger partial charge >= 0.3 is 0 Å². The second-order valence-corrected chi connectivity index (χ2v) is 4.81. The van der Waals surface area contributed by atoms with Gasteiger partial charge in [0.25, 0.3) is 0 Å². The molecule has 1 unspecified atom stereocenters. The van der Waals surface area contributed by atoms with Crippen molar-refractivity contribution in [3.05, 3.63) is 54.1 Å². The van der Waals surface area contributed by atoms with Crippen molar-refractivity contribution in [2.75, 3.05) is 6.54 Å². The van der Waals surface area contributed by atoms with Crippen LogP contribution in [-0.2, 0) is 13.1 Å². The molecule has 0 fully saturated rings. The molecule has 1 N–H and O–H groups in total. The fourth-order valence-corrected chi connectivity index (χ4v) is 2.03. The Hall–Kier alpha value is -2.12. The van der Waals surface area contributed by atoms with Gasteiger partial charge in [-0.15, -0.1) is 0 Å². The minimum Gasteiger partial charge on any atom is -0.337 e. The maximum absolute atomic E-state index is 8.84. The lowest BCUT2D eigenvalue weighted by Gasteiger charge is -2.13. The molecule has 1 heterocycles. The molecule has 1 atom stereocenters. The second-order valence-electron chi connectivity index (χ2n) is 4.81. The highest BCUT2D eigenvalue weighted by Crippen LogP contribution is 2.04. The third-order valence-electron chi connectivity index (χ3n) is 2.96. The first-order valence-corrected chi connectivity index (χ1v) is 6.43. The second kappa shape index (κ2) is 6.72. The zero-order valence-corrected chi connectivity index (χ0v) is 11.1. The van der Waals surface area contributed by atoms with Crippen LogP contribution in [0.3, 0.4) is 0 Å². The molecule has 0 spiro atoms. The number of nitrogens with zero attached hydrogens (tertiary/aromatic N) is 3. The van der Waals surface area contributed by atoms with Gasteiger partial charge in [-0.1, -0.05) is 19.1 Å². The summed E-state index contributed by atoms with van der Waals surface area (Å²) in [5.74, 6) is 0.536. The molecule has 0 aliphatic heterocycles. The van der Waals surface area contributed by atoms with Gasteiger partial charge in [0.1, 0.15) is 0 Å². The van der Waals surface area contributed by atoms with Gasteiger partial charge in [0, 0.05) is 25.5 Å². The lowest BCUT2D eigenvalue weighted by Crippen LogP contribution is -2.23. The maximum Gasteiger partial charge on any atom is 0.0991 e. The molecule has 1 aromatic heterocycles. The molecule has 0 bridgehead atoms. The fraction of sp³-hybridized carbons (Fsp3) is 0.333. The van der Waals surface area contributed by atoms with Crippen molar-refractivity contribution < 1.29 is 0 Å². The van der Waals surface area contributed by atoms with E-state index in [9.17, 15) is 0 Å². The minimum absolute atomic E-state index is 0.536. The molecule has 2 rings (SSSR count). The molecule has 1 aromatic carbocycles. The summed E-state index contributed by atoms with van der Waals surface area (Å²) < 4.78 is 2.09. The first-order valence-electron chi connectivity index (χ1n) is 6.43. The normalized spacial score (nSPS) is 12.0. The van der Waals surface area contributed by atoms with Crippen LogP contribution in [0.1, 0.15) is 18.1 Å². The summed E-state index contributed by atoms with van der Waals surface area (Å²) >= 11 is 0. The van der Waals surface area contributed by atoms with E-state index in [1.54, 1.807) is 6.20 Å². The topological polar surface area (TPSA) is 53.6 Å². The Balaban J connectivity index is 1.75. The highest BCUT2D eigenvalue weighted by molar-refractivity contribution is 5.32. The molecule has 0 aliphatic carbocycles. The number of hydrogen-bond donors (Lipinski definition) is 1. The number of benzene rings is 1. The van der Waals surface area contributed by atoms with Gasteiger partial charge in [-0.3, -0.25) is 0 Å². The van der Waals surface area contributed by atoms with Crippen molar-refractivity contribution in [2.24, 2.45) is 5.92 Å². The Kier molecular flexibility index (Phi) is 4.71. The monoisotopic (exact) mass is 254 g/mol. The molecule has 98 valence electrons. The van der Waals surface area contributed by atoms with Crippen LogP contribution in [0.25, 0.3) is 0 Å². The summed E-state index contributed by atoms with van der Waals surface area (Å²) in [5, 5.41) is 12.3. The summed E-state index contributed by atoms with van der Waals surface area (Å²) in [6.07, 6.45) is 5.62. The van der Waals surface area contributed by atoms with E-state index in [1.165, 1.54) is 0 Å². The highest BCUT2D eigenvalue weighted by Gasteiger charge is 2.03. The summed E-state index contributed by atoms with van der Waals surface area (Å²) in [5.41, 5.74) is 1.86. The highest BCUT2D eigenvalue weighted by atomic mass is 15.0. The van der Waals surface area contributed by atoms with Gasteiger partial charge in [0.05, 0.1) is 18.0 Å². The Bertz CT molecular complexity index is 540. The van der Waals surface area contributed by atoms with Crippen LogP contribution in [0.2, 0.25) is 0 Å². The van der Waals surface area contributed by atoms with Crippen LogP contribution in [0.15, 0.2) is 43.0 Å². The molecule has 0 saturated carbocycles. The first-order chi connectivity index (χ1) is 9.28. The molecule has 0 saturated heterocycles. The molecule has 2 aromatic rings. The van der Waals surface area contributed by atoms with Gasteiger partial charge in [-0.05, 0) is 30.2 Å². The predicted octanol–water partition coefficient (Wildman–Crippen LogP) is 2.18. The van der Waals surface area contributed by atoms with Gasteiger partial charge in [-0.25, -0.2) is 4.98 Å². The zero-order valence-electron chi connectivity index (χ0n) is 11.1. The van der Waals surface area contributed by atoms with Gasteiger partial charge in [-0.2, -0.15) is 5.26 Å². The average molecular weight is 254 g/mol. The predicted molar refractivity (Wildman–Crippen MR) is 74.3 cm³/mol. The van der Waals surface area contributed by atoms with Crippen molar-refractivity contribution in [1.82, 2.24) is 14.9 Å². The van der Waals surface area contributed by atoms with Crippen LogP contribution in [0.4, 0.5) is 0 Å². The van der Waals surface area contributed by atoms with E-state index in [4.69, 9.17) is 5.26 Å². The van der Waals surface area contributed by atoms with Crippen LogP contribution in [-0.4, -0.2) is 16.1 Å². The van der Waals surface area contributed by atoms with Gasteiger partial charge in [0.15, 0.2) is 0 Å². The van der Waals surface area contributed by atoms with Gasteiger partial charge in [0.2, 0.25) is 0 Å². The number of nitriles is 1. The Morgan fingerprint density at radius 1 is 1.47 bits per heavy atom. The average Bonchev–Trinajstić information content (AvgIpc) is 2.92. The minimum atomic E-state index is 0.536. The zero-order chi connectivity index (χ0) is 13.5. The quantitative estimate of drug-likeness (QED) is 0.859. The summed E-state index contributed by atoms with van der Waals surface area (Å²) in [4.78, 5) is 4.03. The summed E-state index contributed by atoms with van der Waals surface area (Å²) in [6.45, 7) is 4.91. The standard InChI is InChI=1S/C15H18N4/c1-13(11-19-6-5-17-12-19)9-18-10-15-4-2-3-14(7-15)8-16/h2-7,12-13,18H,9-11H2,1H3. The van der Waals surface area contributed by atoms with Crippen molar-refractivity contribution in [1.29, 1.82) is 5.26 Å². The van der Waals surface area contributed by atoms with Crippen LogP contribution >= 0.6 is 0 Å². The number of nitrogens with one attached hydrogen (secondary N) is 1. The molecule has 0 aliphatic rings. The smallest absolute Gasteiger partial charge is 0.0991 e. The van der Waals surface area contributed by atoms with Crippen molar-refractivity contribution in [2.45, 2.75) is 20.0 Å². The van der Waals surface area contributed by atoms with E-state index in [0.717, 1.165) is 25.2 Å². The Morgan fingerprint density at radius 3 is 3.11 bits per heavy atom. The summed E-state index contributed by atoms with van der Waals surface area (Å²) in [6, 6.07) is 9.86. The molecule has 4 heteroatoms. The number of imidazole rings is 1. The fourth-order valence-electron chi connectivity index (χ4n) is 2.03. The third kappa shape index (κ3) is 4.23. The van der Waals surface area contributed by atoms with E-state index >= 15 is 0 Å². The molecule has 0 radical (unpaired) electrons. The summed E-state index contributed by atoms with van der Waals surface area (Å²) in [7, 11) is 0. The SMILES string of the molecule is CC(CNCc1cccc(C#N)c1)Cn1ccnc1. The van der Waals surface area contributed by atoms with Crippen molar-refractivity contribution >= 4 is 0 Å². The van der Waals surface area contributed by atoms with Crippen molar-refractivity contribution in [3.63, 3.8) is 0 Å². The number of rotatable bonds is 6. The third-order valence-corrected chi connectivity index (χ3v) is 2.96. The molecule has 0 amide bonds. The lowest BCUT2D eigenvalue weighted by atomic mass is 10.1. The number of aromatic nitrogens is 2. The van der Waals surface area contributed by atoms with E-state index < -0.39 is 0 Å². The molecular formula is C15H18N4. The molecule has 19 heavy (non-hydrogen) atoms. The van der Waals surface area contributed by atoms with E-state index in [1.807, 2.05) is 36.8 Å². The molecular weight excluding hydrogens is 236 g/mol. The van der Waals surface area contributed by atoms with E-state index in [2.05, 4.69) is 27.9 Å². The van der Waals surface area contributed by atoms with Crippen LogP contribution < -0.4 is 5.32 Å². The van der Waals surface area contributed by atoms with Crippen LogP contribution in [0.5, 0.6) is 0 Å². The largest absolute Gasteiger partial charge is 0.337 e. The van der Waals surface area contributed by atoms with Crippen LogP contribution in [0, 0.1) is 17.2 Å². The first kappa shape index (κ1) is 13.3. The van der Waals surface area contributed by atoms with E-state index in [0.29, 0.717) is 11.5 Å². The number of hydrogen-bond acceptors (Lipinski definition) is 3. The van der Waals surface area contributed by atoms with Crippen molar-refractivity contribution in [3.8, 4) is 6.07 Å². The maximum atomic E-state index is 8.84. The van der Waals surface area contributed by atoms with E-state index in [-0.39, 0.29) is 0 Å².